The van der Waals surface area contributed by atoms with Gasteiger partial charge in [0.15, 0.2) is 0 Å². The number of halogens is 1. The highest BCUT2D eigenvalue weighted by atomic mass is 79.9. The SMILES string of the molecule is CC1OCCC1Sc1ccnc2cc(Br)cnc12. The van der Waals surface area contributed by atoms with Crippen molar-refractivity contribution in [3.05, 3.63) is 29.0 Å². The smallest absolute Gasteiger partial charge is 0.102 e. The quantitative estimate of drug-likeness (QED) is 0.844. The van der Waals surface area contributed by atoms with Crippen molar-refractivity contribution in [1.82, 2.24) is 9.97 Å². The topological polar surface area (TPSA) is 35.0 Å². The van der Waals surface area contributed by atoms with Crippen molar-refractivity contribution < 1.29 is 4.74 Å². The number of rotatable bonds is 2. The monoisotopic (exact) mass is 324 g/mol. The zero-order chi connectivity index (χ0) is 12.5. The van der Waals surface area contributed by atoms with E-state index in [-0.39, 0.29) is 0 Å². The van der Waals surface area contributed by atoms with Crippen molar-refractivity contribution in [2.24, 2.45) is 0 Å². The van der Waals surface area contributed by atoms with E-state index in [1.807, 2.05) is 36.3 Å². The van der Waals surface area contributed by atoms with Gasteiger partial charge in [0.2, 0.25) is 0 Å². The third-order valence-electron chi connectivity index (χ3n) is 3.09. The lowest BCUT2D eigenvalue weighted by atomic mass is 10.3. The van der Waals surface area contributed by atoms with Crippen LogP contribution in [0.2, 0.25) is 0 Å². The van der Waals surface area contributed by atoms with Crippen LogP contribution in [0.4, 0.5) is 0 Å². The fraction of sp³-hybridized carbons (Fsp3) is 0.385. The van der Waals surface area contributed by atoms with Gasteiger partial charge in [-0.25, -0.2) is 0 Å². The predicted molar refractivity (Wildman–Crippen MR) is 76.9 cm³/mol. The summed E-state index contributed by atoms with van der Waals surface area (Å²) in [6, 6.07) is 4.04. The number of hydrogen-bond acceptors (Lipinski definition) is 4. The largest absolute Gasteiger partial charge is 0.377 e. The van der Waals surface area contributed by atoms with E-state index in [0.717, 1.165) is 28.5 Å². The Kier molecular flexibility index (Phi) is 3.54. The van der Waals surface area contributed by atoms with Gasteiger partial charge in [0.05, 0.1) is 11.6 Å². The molecule has 0 aromatic carbocycles. The van der Waals surface area contributed by atoms with E-state index in [9.17, 15) is 0 Å². The van der Waals surface area contributed by atoms with Gasteiger partial charge in [-0.1, -0.05) is 0 Å². The standard InChI is InChI=1S/C13H13BrN2OS/c1-8-11(3-5-17-8)18-12-2-4-15-10-6-9(14)7-16-13(10)12/h2,4,6-8,11H,3,5H2,1H3. The molecule has 1 saturated heterocycles. The summed E-state index contributed by atoms with van der Waals surface area (Å²) >= 11 is 5.28. The molecule has 3 heterocycles. The van der Waals surface area contributed by atoms with E-state index < -0.39 is 0 Å². The minimum Gasteiger partial charge on any atom is -0.377 e. The van der Waals surface area contributed by atoms with E-state index in [1.165, 1.54) is 4.90 Å². The van der Waals surface area contributed by atoms with Crippen LogP contribution >= 0.6 is 27.7 Å². The molecule has 0 spiro atoms. The molecule has 2 unspecified atom stereocenters. The second-order valence-corrected chi connectivity index (χ2v) is 6.55. The van der Waals surface area contributed by atoms with Crippen molar-refractivity contribution >= 4 is 38.7 Å². The average Bonchev–Trinajstić information content (AvgIpc) is 2.75. The number of nitrogens with zero attached hydrogens (tertiary/aromatic N) is 2. The first kappa shape index (κ1) is 12.4. The van der Waals surface area contributed by atoms with E-state index in [1.54, 1.807) is 0 Å². The Hall–Kier alpha value is -0.650. The van der Waals surface area contributed by atoms with Gasteiger partial charge in [0.25, 0.3) is 0 Å². The van der Waals surface area contributed by atoms with Crippen LogP contribution in [0.15, 0.2) is 33.9 Å². The van der Waals surface area contributed by atoms with Crippen molar-refractivity contribution in [2.75, 3.05) is 6.61 Å². The number of ether oxygens (including phenoxy) is 1. The molecule has 0 amide bonds. The lowest BCUT2D eigenvalue weighted by molar-refractivity contribution is 0.127. The minimum absolute atomic E-state index is 0.314. The summed E-state index contributed by atoms with van der Waals surface area (Å²) in [5, 5.41) is 0.515. The van der Waals surface area contributed by atoms with Gasteiger partial charge < -0.3 is 4.74 Å². The van der Waals surface area contributed by atoms with Crippen molar-refractivity contribution in [3.63, 3.8) is 0 Å². The molecular weight excluding hydrogens is 312 g/mol. The second-order valence-electron chi connectivity index (χ2n) is 4.35. The van der Waals surface area contributed by atoms with Crippen LogP contribution in [0.5, 0.6) is 0 Å². The normalized spacial score (nSPS) is 23.7. The number of aromatic nitrogens is 2. The van der Waals surface area contributed by atoms with Crippen molar-refractivity contribution in [1.29, 1.82) is 0 Å². The Morgan fingerprint density at radius 3 is 3.11 bits per heavy atom. The summed E-state index contributed by atoms with van der Waals surface area (Å²) in [7, 11) is 0. The van der Waals surface area contributed by atoms with Crippen LogP contribution in [0.1, 0.15) is 13.3 Å². The third kappa shape index (κ3) is 2.39. The molecular formula is C13H13BrN2OS. The van der Waals surface area contributed by atoms with Gasteiger partial charge in [0.1, 0.15) is 5.52 Å². The van der Waals surface area contributed by atoms with Crippen LogP contribution in [0, 0.1) is 0 Å². The molecule has 94 valence electrons. The highest BCUT2D eigenvalue weighted by molar-refractivity contribution is 9.10. The zero-order valence-electron chi connectivity index (χ0n) is 9.97. The second kappa shape index (κ2) is 5.15. The van der Waals surface area contributed by atoms with Crippen LogP contribution in [-0.2, 0) is 4.74 Å². The summed E-state index contributed by atoms with van der Waals surface area (Å²) in [5.41, 5.74) is 1.91. The summed E-state index contributed by atoms with van der Waals surface area (Å²) in [6.07, 6.45) is 5.09. The third-order valence-corrected chi connectivity index (χ3v) is 5.03. The summed E-state index contributed by atoms with van der Waals surface area (Å²) in [6.45, 7) is 3.00. The average molecular weight is 325 g/mol. The molecule has 2 aromatic rings. The Morgan fingerprint density at radius 2 is 2.33 bits per heavy atom. The molecule has 1 aliphatic rings. The number of hydrogen-bond donors (Lipinski definition) is 0. The first-order valence-electron chi connectivity index (χ1n) is 5.92. The molecule has 5 heteroatoms. The first-order valence-corrected chi connectivity index (χ1v) is 7.60. The lowest BCUT2D eigenvalue weighted by Gasteiger charge is -2.14. The van der Waals surface area contributed by atoms with E-state index in [0.29, 0.717) is 11.4 Å². The summed E-state index contributed by atoms with van der Waals surface area (Å²) < 4.78 is 6.56. The van der Waals surface area contributed by atoms with E-state index in [4.69, 9.17) is 4.74 Å². The summed E-state index contributed by atoms with van der Waals surface area (Å²) in [5.74, 6) is 0. The molecule has 3 nitrogen and oxygen atoms in total. The highest BCUT2D eigenvalue weighted by Crippen LogP contribution is 2.35. The van der Waals surface area contributed by atoms with Crippen LogP contribution < -0.4 is 0 Å². The fourth-order valence-electron chi connectivity index (χ4n) is 2.11. The Morgan fingerprint density at radius 1 is 1.44 bits per heavy atom. The molecule has 1 aliphatic heterocycles. The number of fused-ring (bicyclic) bond motifs is 1. The molecule has 0 bridgehead atoms. The van der Waals surface area contributed by atoms with Crippen molar-refractivity contribution in [2.45, 2.75) is 29.6 Å². The van der Waals surface area contributed by atoms with Gasteiger partial charge in [-0.3, -0.25) is 9.97 Å². The molecule has 0 saturated carbocycles. The molecule has 2 aromatic heterocycles. The van der Waals surface area contributed by atoms with E-state index >= 15 is 0 Å². The van der Waals surface area contributed by atoms with Gasteiger partial charge in [-0.05, 0) is 41.4 Å². The van der Waals surface area contributed by atoms with Gasteiger partial charge in [-0.15, -0.1) is 11.8 Å². The Balaban J connectivity index is 1.96. The zero-order valence-corrected chi connectivity index (χ0v) is 12.4. The maximum atomic E-state index is 5.60. The highest BCUT2D eigenvalue weighted by Gasteiger charge is 2.25. The number of thioether (sulfide) groups is 1. The predicted octanol–water partition coefficient (Wildman–Crippen LogP) is 3.66. The fourth-order valence-corrected chi connectivity index (χ4v) is 3.64. The van der Waals surface area contributed by atoms with Gasteiger partial charge in [-0.2, -0.15) is 0 Å². The lowest BCUT2D eigenvalue weighted by Crippen LogP contribution is -2.13. The molecule has 0 radical (unpaired) electrons. The molecule has 3 rings (SSSR count). The van der Waals surface area contributed by atoms with Crippen LogP contribution in [0.3, 0.4) is 0 Å². The summed E-state index contributed by atoms with van der Waals surface area (Å²) in [4.78, 5) is 10.0. The molecule has 0 N–H and O–H groups in total. The first-order chi connectivity index (χ1) is 8.74. The van der Waals surface area contributed by atoms with Gasteiger partial charge in [0, 0.05) is 33.6 Å². The Labute approximate surface area is 118 Å². The molecule has 18 heavy (non-hydrogen) atoms. The number of pyridine rings is 2. The molecule has 0 aliphatic carbocycles. The minimum atomic E-state index is 0.314. The van der Waals surface area contributed by atoms with Crippen LogP contribution in [-0.4, -0.2) is 27.9 Å². The van der Waals surface area contributed by atoms with Crippen LogP contribution in [0.25, 0.3) is 11.0 Å². The maximum absolute atomic E-state index is 5.60. The van der Waals surface area contributed by atoms with E-state index in [2.05, 4.69) is 32.8 Å². The molecule has 2 atom stereocenters. The molecule has 1 fully saturated rings. The maximum Gasteiger partial charge on any atom is 0.102 e. The Bertz CT molecular complexity index is 578. The van der Waals surface area contributed by atoms with Gasteiger partial charge >= 0.3 is 0 Å². The van der Waals surface area contributed by atoms with Crippen molar-refractivity contribution in [3.8, 4) is 0 Å².